The van der Waals surface area contributed by atoms with Gasteiger partial charge >= 0.3 is 5.97 Å². The summed E-state index contributed by atoms with van der Waals surface area (Å²) in [5, 5.41) is 10.1. The molecule has 0 saturated carbocycles. The average molecular weight is 641 g/mol. The van der Waals surface area contributed by atoms with Crippen molar-refractivity contribution in [3.63, 3.8) is 0 Å². The third kappa shape index (κ3) is 12.2. The van der Waals surface area contributed by atoms with Crippen LogP contribution in [-0.4, -0.2) is 52.1 Å². The van der Waals surface area contributed by atoms with Gasteiger partial charge in [-0.15, -0.1) is 13.2 Å². The standard InChI is InChI=1S/C36H72O5Si2/c1-16-19-20-21-22-23-33(39-36(38)24-32(37)17-2)25-35(41-43(29(10)11,30(12)13)31(14)15)34(18-3)40-42(26(4)5,27(6)7)28(8)9/h17-18,26-35,37H,2-3,16,19-25H2,1,4-15H3/t32-,33-,34-,35+/m1/s1. The van der Waals surface area contributed by atoms with Crippen LogP contribution in [-0.2, 0) is 18.4 Å². The number of hydrogen-bond donors (Lipinski definition) is 1. The summed E-state index contributed by atoms with van der Waals surface area (Å²) in [6.45, 7) is 37.9. The van der Waals surface area contributed by atoms with Crippen LogP contribution < -0.4 is 0 Å². The second-order valence-corrected chi connectivity index (χ2v) is 25.5. The molecule has 0 radical (unpaired) electrons. The second-order valence-electron chi connectivity index (χ2n) is 14.7. The zero-order chi connectivity index (χ0) is 33.5. The average Bonchev–Trinajstić information content (AvgIpc) is 2.89. The van der Waals surface area contributed by atoms with Crippen LogP contribution in [0, 0.1) is 0 Å². The largest absolute Gasteiger partial charge is 0.462 e. The van der Waals surface area contributed by atoms with Gasteiger partial charge in [-0.05, 0) is 46.1 Å². The van der Waals surface area contributed by atoms with Crippen molar-refractivity contribution in [2.24, 2.45) is 0 Å². The molecule has 0 bridgehead atoms. The fourth-order valence-electron chi connectivity index (χ4n) is 7.79. The minimum Gasteiger partial charge on any atom is -0.462 e. The summed E-state index contributed by atoms with van der Waals surface area (Å²) in [7, 11) is -4.59. The molecule has 0 saturated heterocycles. The van der Waals surface area contributed by atoms with Gasteiger partial charge in [0.2, 0.25) is 16.6 Å². The predicted octanol–water partition coefficient (Wildman–Crippen LogP) is 10.9. The fraction of sp³-hybridized carbons (Fsp3) is 0.861. The molecule has 0 aromatic carbocycles. The Morgan fingerprint density at radius 1 is 0.698 bits per heavy atom. The summed E-state index contributed by atoms with van der Waals surface area (Å²) in [5.74, 6) is -0.392. The van der Waals surface area contributed by atoms with Gasteiger partial charge in [-0.1, -0.05) is 128 Å². The predicted molar refractivity (Wildman–Crippen MR) is 191 cm³/mol. The maximum absolute atomic E-state index is 13.0. The van der Waals surface area contributed by atoms with E-state index in [2.05, 4.69) is 103 Å². The quantitative estimate of drug-likeness (QED) is 0.0492. The Labute approximate surface area is 269 Å². The Balaban J connectivity index is 6.84. The van der Waals surface area contributed by atoms with Crippen molar-refractivity contribution in [1.29, 1.82) is 0 Å². The molecule has 1 N–H and O–H groups in total. The molecule has 0 rings (SSSR count). The monoisotopic (exact) mass is 640 g/mol. The van der Waals surface area contributed by atoms with E-state index in [0.29, 0.717) is 39.7 Å². The van der Waals surface area contributed by atoms with Crippen LogP contribution in [0.1, 0.15) is 141 Å². The summed E-state index contributed by atoms with van der Waals surface area (Å²) < 4.78 is 21.0. The second kappa shape index (κ2) is 20.4. The van der Waals surface area contributed by atoms with Crippen molar-refractivity contribution >= 4 is 22.6 Å². The van der Waals surface area contributed by atoms with E-state index in [0.717, 1.165) is 19.3 Å². The van der Waals surface area contributed by atoms with E-state index in [1.54, 1.807) is 0 Å². The molecule has 0 aliphatic rings. The molecule has 0 aliphatic carbocycles. The first-order chi connectivity index (χ1) is 20.0. The Morgan fingerprint density at radius 2 is 1.14 bits per heavy atom. The highest BCUT2D eigenvalue weighted by Gasteiger charge is 2.51. The van der Waals surface area contributed by atoms with Gasteiger partial charge < -0.3 is 18.7 Å². The number of hydrogen-bond acceptors (Lipinski definition) is 5. The highest BCUT2D eigenvalue weighted by Crippen LogP contribution is 2.47. The van der Waals surface area contributed by atoms with Crippen molar-refractivity contribution in [1.82, 2.24) is 0 Å². The molecular weight excluding hydrogens is 569 g/mol. The summed E-state index contributed by atoms with van der Waals surface area (Å²) in [4.78, 5) is 13.0. The lowest BCUT2D eigenvalue weighted by Crippen LogP contribution is -2.56. The number of carbonyl (C=O) groups excluding carboxylic acids is 1. The smallest absolute Gasteiger partial charge is 0.309 e. The van der Waals surface area contributed by atoms with Gasteiger partial charge in [0.05, 0.1) is 24.7 Å². The normalized spacial score (nSPS) is 15.9. The van der Waals surface area contributed by atoms with Crippen LogP contribution in [0.15, 0.2) is 25.3 Å². The number of aliphatic hydroxyl groups is 1. The van der Waals surface area contributed by atoms with Crippen LogP contribution in [0.5, 0.6) is 0 Å². The van der Waals surface area contributed by atoms with Gasteiger partial charge in [0.15, 0.2) is 0 Å². The Bertz CT molecular complexity index is 749. The van der Waals surface area contributed by atoms with Crippen molar-refractivity contribution in [3.05, 3.63) is 25.3 Å². The molecule has 0 amide bonds. The van der Waals surface area contributed by atoms with Crippen LogP contribution in [0.3, 0.4) is 0 Å². The molecule has 0 heterocycles. The topological polar surface area (TPSA) is 65.0 Å². The molecule has 5 nitrogen and oxygen atoms in total. The SMILES string of the molecule is C=C[C@@H](O)CC(=O)O[C@H](CCCCCCC)C[C@H](O[Si](C(C)C)(C(C)C)C(C)C)[C@@H](C=C)O[Si](C(C)C)(C(C)C)C(C)C. The summed E-state index contributed by atoms with van der Waals surface area (Å²) in [5.41, 5.74) is 2.48. The Morgan fingerprint density at radius 3 is 1.53 bits per heavy atom. The maximum atomic E-state index is 13.0. The van der Waals surface area contributed by atoms with E-state index < -0.39 is 28.7 Å². The first-order valence-electron chi connectivity index (χ1n) is 17.5. The number of aliphatic hydroxyl groups excluding tert-OH is 1. The Kier molecular flexibility index (Phi) is 20.1. The molecule has 0 aromatic rings. The van der Waals surface area contributed by atoms with Crippen molar-refractivity contribution in [3.8, 4) is 0 Å². The molecule has 0 unspecified atom stereocenters. The molecule has 4 atom stereocenters. The van der Waals surface area contributed by atoms with Crippen molar-refractivity contribution < 1.29 is 23.5 Å². The molecule has 0 aromatic heterocycles. The van der Waals surface area contributed by atoms with Gasteiger partial charge in [0.25, 0.3) is 0 Å². The number of ether oxygens (including phenoxy) is 1. The lowest BCUT2D eigenvalue weighted by Gasteiger charge is -2.49. The minimum atomic E-state index is -2.32. The van der Waals surface area contributed by atoms with E-state index >= 15 is 0 Å². The van der Waals surface area contributed by atoms with Gasteiger partial charge in [-0.25, -0.2) is 0 Å². The number of esters is 1. The first kappa shape index (κ1) is 42.3. The van der Waals surface area contributed by atoms with Crippen LogP contribution in [0.25, 0.3) is 0 Å². The van der Waals surface area contributed by atoms with Crippen LogP contribution >= 0.6 is 0 Å². The zero-order valence-electron chi connectivity index (χ0n) is 30.6. The van der Waals surface area contributed by atoms with E-state index in [4.69, 9.17) is 13.6 Å². The van der Waals surface area contributed by atoms with Crippen LogP contribution in [0.4, 0.5) is 0 Å². The van der Waals surface area contributed by atoms with E-state index in [1.165, 1.54) is 25.3 Å². The molecule has 7 heteroatoms. The van der Waals surface area contributed by atoms with Crippen molar-refractivity contribution in [2.45, 2.75) is 199 Å². The molecule has 0 aliphatic heterocycles. The summed E-state index contributed by atoms with van der Waals surface area (Å²) in [6.07, 6.45) is 8.43. The highest BCUT2D eigenvalue weighted by molar-refractivity contribution is 6.78. The van der Waals surface area contributed by atoms with Crippen molar-refractivity contribution in [2.75, 3.05) is 0 Å². The molecule has 0 spiro atoms. The molecule has 43 heavy (non-hydrogen) atoms. The Hall–Kier alpha value is -0.736. The van der Waals surface area contributed by atoms with E-state index in [1.807, 2.05) is 6.08 Å². The molecule has 254 valence electrons. The third-order valence-electron chi connectivity index (χ3n) is 9.78. The van der Waals surface area contributed by atoms with Gasteiger partial charge in [-0.2, -0.15) is 0 Å². The van der Waals surface area contributed by atoms with E-state index in [9.17, 15) is 9.90 Å². The number of carbonyl (C=O) groups is 1. The lowest BCUT2D eigenvalue weighted by molar-refractivity contribution is -0.153. The van der Waals surface area contributed by atoms with Gasteiger partial charge in [0.1, 0.15) is 6.10 Å². The van der Waals surface area contributed by atoms with Crippen LogP contribution in [0.2, 0.25) is 33.2 Å². The highest BCUT2D eigenvalue weighted by atomic mass is 28.4. The number of unbranched alkanes of at least 4 members (excludes halogenated alkanes) is 4. The number of rotatable bonds is 24. The maximum Gasteiger partial charge on any atom is 0.309 e. The first-order valence-corrected chi connectivity index (χ1v) is 21.7. The third-order valence-corrected chi connectivity index (χ3v) is 22.0. The fourth-order valence-corrected chi connectivity index (χ4v) is 18.9. The lowest BCUT2D eigenvalue weighted by atomic mass is 10.0. The minimum absolute atomic E-state index is 0.0878. The zero-order valence-corrected chi connectivity index (χ0v) is 32.6. The van der Waals surface area contributed by atoms with E-state index in [-0.39, 0.29) is 24.7 Å². The summed E-state index contributed by atoms with van der Waals surface area (Å²) >= 11 is 0. The summed E-state index contributed by atoms with van der Waals surface area (Å²) in [6, 6.07) is 0. The van der Waals surface area contributed by atoms with Gasteiger partial charge in [0, 0.05) is 6.42 Å². The molecule has 0 fully saturated rings. The van der Waals surface area contributed by atoms with Gasteiger partial charge in [-0.3, -0.25) is 4.79 Å². The molecular formula is C36H72O5Si2.